The van der Waals surface area contributed by atoms with Crippen LogP contribution in [0.25, 0.3) is 0 Å². The Morgan fingerprint density at radius 2 is 1.62 bits per heavy atom. The van der Waals surface area contributed by atoms with Crippen LogP contribution in [0.1, 0.15) is 78.6 Å². The Labute approximate surface area is 175 Å². The summed E-state index contributed by atoms with van der Waals surface area (Å²) < 4.78 is 0. The van der Waals surface area contributed by atoms with E-state index in [4.69, 9.17) is 0 Å². The highest BCUT2D eigenvalue weighted by molar-refractivity contribution is 5.73. The molecular formula is C25H40O4. The Balaban J connectivity index is 1.39. The maximum Gasteiger partial charge on any atom is 0.306 e. The van der Waals surface area contributed by atoms with E-state index >= 15 is 0 Å². The van der Waals surface area contributed by atoms with E-state index in [0.29, 0.717) is 41.4 Å². The predicted molar refractivity (Wildman–Crippen MR) is 111 cm³/mol. The third-order valence-electron chi connectivity index (χ3n) is 11.2. The first-order valence-corrected chi connectivity index (χ1v) is 12.3. The number of fused-ring (bicyclic) bond motifs is 5. The van der Waals surface area contributed by atoms with Crippen molar-refractivity contribution in [2.75, 3.05) is 0 Å². The van der Waals surface area contributed by atoms with Gasteiger partial charge in [0, 0.05) is 0 Å². The Bertz CT molecular complexity index is 678. The Hall–Kier alpha value is -0.610. The molecule has 12 atom stereocenters. The molecule has 3 unspecified atom stereocenters. The van der Waals surface area contributed by atoms with E-state index in [1.54, 1.807) is 0 Å². The van der Waals surface area contributed by atoms with E-state index in [9.17, 15) is 20.1 Å². The molecule has 0 spiro atoms. The average molecular weight is 405 g/mol. The van der Waals surface area contributed by atoms with Crippen LogP contribution < -0.4 is 0 Å². The number of aliphatic carboxylic acids is 1. The highest BCUT2D eigenvalue weighted by atomic mass is 16.4. The average Bonchev–Trinajstić information content (AvgIpc) is 3.39. The number of carbonyl (C=O) groups is 1. The Morgan fingerprint density at radius 1 is 0.931 bits per heavy atom. The molecule has 5 fully saturated rings. The predicted octanol–water partition coefficient (Wildman–Crippen LogP) is 4.33. The van der Waals surface area contributed by atoms with Crippen molar-refractivity contribution < 1.29 is 20.1 Å². The maximum absolute atomic E-state index is 11.4. The molecule has 5 rings (SSSR count). The van der Waals surface area contributed by atoms with Crippen LogP contribution in [0.2, 0.25) is 0 Å². The topological polar surface area (TPSA) is 77.8 Å². The number of aliphatic hydroxyl groups is 2. The summed E-state index contributed by atoms with van der Waals surface area (Å²) in [5.74, 6) is 2.76. The van der Waals surface area contributed by atoms with E-state index in [-0.39, 0.29) is 29.0 Å². The SMILES string of the molecule is C[C@H](C1CC1C(=O)O)[C@H]1CC[C@H]2[C@@H]3[C@@H](O)CC4C[C@@H](O)CC[C@]4(C)[C@H]3CC[C@]12C. The van der Waals surface area contributed by atoms with Crippen molar-refractivity contribution in [3.8, 4) is 0 Å². The van der Waals surface area contributed by atoms with Gasteiger partial charge in [0.15, 0.2) is 0 Å². The molecule has 0 aromatic carbocycles. The monoisotopic (exact) mass is 404 g/mol. The molecule has 0 radical (unpaired) electrons. The molecule has 164 valence electrons. The molecular weight excluding hydrogens is 364 g/mol. The summed E-state index contributed by atoms with van der Waals surface area (Å²) >= 11 is 0. The van der Waals surface area contributed by atoms with Crippen molar-refractivity contribution in [2.45, 2.75) is 90.8 Å². The molecule has 0 aromatic heterocycles. The lowest BCUT2D eigenvalue weighted by molar-refractivity contribution is -0.174. The Kier molecular flexibility index (Phi) is 4.68. The standard InChI is InChI=1S/C25H40O4/c1-13(16-12-17(16)23(28)29)18-4-5-19-22-20(7-9-25(18,19)3)24(2)8-6-15(26)10-14(24)11-21(22)27/h13-22,26-27H,4-12H2,1-3H3,(H,28,29)/t13-,14?,15+,16?,17?,18-,19+,20+,21+,22+,24+,25-/m1/s1. The molecule has 0 aromatic rings. The zero-order valence-electron chi connectivity index (χ0n) is 18.4. The first kappa shape index (κ1) is 20.3. The molecule has 4 nitrogen and oxygen atoms in total. The quantitative estimate of drug-likeness (QED) is 0.654. The molecule has 0 amide bonds. The van der Waals surface area contributed by atoms with Crippen LogP contribution in [-0.2, 0) is 4.79 Å². The van der Waals surface area contributed by atoms with Crippen LogP contribution >= 0.6 is 0 Å². The minimum Gasteiger partial charge on any atom is -0.481 e. The van der Waals surface area contributed by atoms with Gasteiger partial charge < -0.3 is 15.3 Å². The fourth-order valence-corrected chi connectivity index (χ4v) is 9.48. The van der Waals surface area contributed by atoms with Crippen LogP contribution in [0.4, 0.5) is 0 Å². The summed E-state index contributed by atoms with van der Waals surface area (Å²) in [5.41, 5.74) is 0.531. The minimum atomic E-state index is -0.605. The molecule has 5 aliphatic carbocycles. The van der Waals surface area contributed by atoms with Gasteiger partial charge in [0.1, 0.15) is 0 Å². The number of aliphatic hydroxyl groups excluding tert-OH is 2. The third kappa shape index (κ3) is 2.87. The highest BCUT2D eigenvalue weighted by Gasteiger charge is 2.64. The summed E-state index contributed by atoms with van der Waals surface area (Å²) in [6.07, 6.45) is 9.08. The molecule has 0 bridgehead atoms. The fourth-order valence-electron chi connectivity index (χ4n) is 9.48. The zero-order chi connectivity index (χ0) is 20.7. The number of rotatable bonds is 3. The summed E-state index contributed by atoms with van der Waals surface area (Å²) in [6, 6.07) is 0. The van der Waals surface area contributed by atoms with Gasteiger partial charge in [-0.3, -0.25) is 4.79 Å². The van der Waals surface area contributed by atoms with Gasteiger partial charge in [-0.25, -0.2) is 0 Å². The summed E-state index contributed by atoms with van der Waals surface area (Å²) in [6.45, 7) is 7.26. The smallest absolute Gasteiger partial charge is 0.306 e. The van der Waals surface area contributed by atoms with Crippen molar-refractivity contribution in [2.24, 2.45) is 58.2 Å². The van der Waals surface area contributed by atoms with Crippen molar-refractivity contribution >= 4 is 5.97 Å². The molecule has 5 saturated carbocycles. The molecule has 0 heterocycles. The van der Waals surface area contributed by atoms with E-state index in [1.807, 2.05) is 0 Å². The van der Waals surface area contributed by atoms with Crippen molar-refractivity contribution in [1.82, 2.24) is 0 Å². The van der Waals surface area contributed by atoms with E-state index in [0.717, 1.165) is 32.1 Å². The molecule has 4 heteroatoms. The van der Waals surface area contributed by atoms with Crippen LogP contribution in [0.3, 0.4) is 0 Å². The van der Waals surface area contributed by atoms with Gasteiger partial charge in [0.05, 0.1) is 18.1 Å². The van der Waals surface area contributed by atoms with Gasteiger partial charge in [0.2, 0.25) is 0 Å². The lowest BCUT2D eigenvalue weighted by Crippen LogP contribution is -2.58. The van der Waals surface area contributed by atoms with Crippen molar-refractivity contribution in [1.29, 1.82) is 0 Å². The second kappa shape index (κ2) is 6.69. The van der Waals surface area contributed by atoms with Crippen LogP contribution in [0.15, 0.2) is 0 Å². The van der Waals surface area contributed by atoms with Gasteiger partial charge in [-0.15, -0.1) is 0 Å². The first-order valence-electron chi connectivity index (χ1n) is 12.3. The molecule has 0 saturated heterocycles. The molecule has 3 N–H and O–H groups in total. The summed E-state index contributed by atoms with van der Waals surface area (Å²) in [4.78, 5) is 11.4. The van der Waals surface area contributed by atoms with Gasteiger partial charge in [-0.1, -0.05) is 20.8 Å². The Morgan fingerprint density at radius 3 is 2.31 bits per heavy atom. The van der Waals surface area contributed by atoms with Gasteiger partial charge >= 0.3 is 5.97 Å². The number of hydrogen-bond donors (Lipinski definition) is 3. The largest absolute Gasteiger partial charge is 0.481 e. The van der Waals surface area contributed by atoms with Crippen molar-refractivity contribution in [3.63, 3.8) is 0 Å². The van der Waals surface area contributed by atoms with E-state index < -0.39 is 5.97 Å². The number of hydrogen-bond acceptors (Lipinski definition) is 3. The van der Waals surface area contributed by atoms with Crippen molar-refractivity contribution in [3.05, 3.63) is 0 Å². The minimum absolute atomic E-state index is 0.113. The highest BCUT2D eigenvalue weighted by Crippen LogP contribution is 2.69. The lowest BCUT2D eigenvalue weighted by Gasteiger charge is -2.62. The number of carboxylic acid groups (broad SMARTS) is 1. The van der Waals surface area contributed by atoms with Gasteiger partial charge in [0.25, 0.3) is 0 Å². The second-order valence-electron chi connectivity index (χ2n) is 12.2. The maximum atomic E-state index is 11.4. The van der Waals surface area contributed by atoms with Gasteiger partial charge in [-0.05, 0) is 110 Å². The van der Waals surface area contributed by atoms with E-state index in [1.165, 1.54) is 25.7 Å². The first-order chi connectivity index (χ1) is 13.7. The normalized spacial score (nSPS) is 57.3. The lowest BCUT2D eigenvalue weighted by atomic mass is 9.43. The molecule has 29 heavy (non-hydrogen) atoms. The summed E-state index contributed by atoms with van der Waals surface area (Å²) in [7, 11) is 0. The van der Waals surface area contributed by atoms with Crippen LogP contribution in [0.5, 0.6) is 0 Å². The van der Waals surface area contributed by atoms with Crippen LogP contribution in [0, 0.1) is 58.2 Å². The van der Waals surface area contributed by atoms with Gasteiger partial charge in [-0.2, -0.15) is 0 Å². The third-order valence-corrected chi connectivity index (χ3v) is 11.2. The van der Waals surface area contributed by atoms with E-state index in [2.05, 4.69) is 20.8 Å². The van der Waals surface area contributed by atoms with Crippen LogP contribution in [-0.4, -0.2) is 33.5 Å². The molecule has 5 aliphatic rings. The second-order valence-corrected chi connectivity index (χ2v) is 12.2. The molecule has 0 aliphatic heterocycles. The fraction of sp³-hybridized carbons (Fsp3) is 0.960. The zero-order valence-corrected chi connectivity index (χ0v) is 18.4. The summed E-state index contributed by atoms with van der Waals surface area (Å²) in [5, 5.41) is 30.9. The number of carboxylic acids is 1.